The fourth-order valence-electron chi connectivity index (χ4n) is 3.35. The molecule has 34 heavy (non-hydrogen) atoms. The predicted octanol–water partition coefficient (Wildman–Crippen LogP) is 6.36. The Morgan fingerprint density at radius 1 is 0.794 bits per heavy atom. The first-order chi connectivity index (χ1) is 16.5. The standard InChI is InChI=1S/C27H24N4O3/c1-18-9-6-7-12-22(18)30-31-23-15-14-21(17-19(23)2)28-26(25(32)20-10-4-3-5-11-20)29-27(33)24-13-8-16-34-24/h3-17,26,28H,1-2H3,(H,29,33). The van der Waals surface area contributed by atoms with E-state index in [0.717, 1.165) is 16.8 Å². The van der Waals surface area contributed by atoms with Crippen molar-refractivity contribution in [3.05, 3.63) is 114 Å². The molecule has 1 aromatic heterocycles. The molecule has 7 nitrogen and oxygen atoms in total. The van der Waals surface area contributed by atoms with Gasteiger partial charge in [0.15, 0.2) is 11.9 Å². The molecule has 1 atom stereocenters. The molecule has 0 aliphatic carbocycles. The number of azo groups is 1. The highest BCUT2D eigenvalue weighted by molar-refractivity contribution is 6.04. The molecule has 0 aliphatic rings. The van der Waals surface area contributed by atoms with E-state index in [9.17, 15) is 9.59 Å². The first-order valence-corrected chi connectivity index (χ1v) is 10.8. The van der Waals surface area contributed by atoms with Crippen molar-refractivity contribution in [2.75, 3.05) is 5.32 Å². The number of hydrogen-bond donors (Lipinski definition) is 2. The number of carbonyl (C=O) groups is 2. The van der Waals surface area contributed by atoms with Crippen LogP contribution in [0.3, 0.4) is 0 Å². The Labute approximate surface area is 197 Å². The number of anilines is 1. The van der Waals surface area contributed by atoms with Crippen molar-refractivity contribution in [3.63, 3.8) is 0 Å². The Morgan fingerprint density at radius 2 is 1.50 bits per heavy atom. The third-order valence-corrected chi connectivity index (χ3v) is 5.23. The first kappa shape index (κ1) is 22.7. The Morgan fingerprint density at radius 3 is 2.18 bits per heavy atom. The van der Waals surface area contributed by atoms with E-state index < -0.39 is 12.1 Å². The highest BCUT2D eigenvalue weighted by Crippen LogP contribution is 2.26. The molecule has 170 valence electrons. The van der Waals surface area contributed by atoms with Crippen molar-refractivity contribution in [2.45, 2.75) is 20.0 Å². The highest BCUT2D eigenvalue weighted by Gasteiger charge is 2.24. The summed E-state index contributed by atoms with van der Waals surface area (Å²) in [5.41, 5.74) is 4.54. The average Bonchev–Trinajstić information content (AvgIpc) is 3.39. The van der Waals surface area contributed by atoms with Gasteiger partial charge in [-0.3, -0.25) is 9.59 Å². The molecule has 3 aromatic carbocycles. The summed E-state index contributed by atoms with van der Waals surface area (Å²) >= 11 is 0. The van der Waals surface area contributed by atoms with Crippen LogP contribution < -0.4 is 10.6 Å². The summed E-state index contributed by atoms with van der Waals surface area (Å²) in [6.07, 6.45) is 0.406. The summed E-state index contributed by atoms with van der Waals surface area (Å²) in [5.74, 6) is -0.649. The van der Waals surface area contributed by atoms with E-state index >= 15 is 0 Å². The van der Waals surface area contributed by atoms with Crippen LogP contribution in [-0.4, -0.2) is 17.9 Å². The van der Waals surface area contributed by atoms with Gasteiger partial charge in [0.25, 0.3) is 5.91 Å². The van der Waals surface area contributed by atoms with Gasteiger partial charge in [-0.2, -0.15) is 10.2 Å². The number of carbonyl (C=O) groups excluding carboxylic acids is 2. The van der Waals surface area contributed by atoms with Crippen LogP contribution in [0.15, 0.2) is 106 Å². The minimum absolute atomic E-state index is 0.121. The number of Topliss-reactive ketones (excluding diaryl/α,β-unsaturated/α-hetero) is 1. The molecule has 0 saturated carbocycles. The zero-order valence-electron chi connectivity index (χ0n) is 18.9. The van der Waals surface area contributed by atoms with Gasteiger partial charge in [-0.1, -0.05) is 48.5 Å². The Bertz CT molecular complexity index is 1310. The molecule has 0 aliphatic heterocycles. The monoisotopic (exact) mass is 452 g/mol. The van der Waals surface area contributed by atoms with Crippen LogP contribution in [-0.2, 0) is 0 Å². The van der Waals surface area contributed by atoms with Crippen LogP contribution in [0, 0.1) is 13.8 Å². The van der Waals surface area contributed by atoms with Gasteiger partial charge in [-0.25, -0.2) is 0 Å². The quantitative estimate of drug-likeness (QED) is 0.185. The third-order valence-electron chi connectivity index (χ3n) is 5.23. The number of benzene rings is 3. The van der Waals surface area contributed by atoms with Crippen molar-refractivity contribution in [1.82, 2.24) is 5.32 Å². The lowest BCUT2D eigenvalue weighted by Crippen LogP contribution is -2.46. The molecule has 0 fully saturated rings. The van der Waals surface area contributed by atoms with Crippen molar-refractivity contribution < 1.29 is 14.0 Å². The largest absolute Gasteiger partial charge is 0.459 e. The van der Waals surface area contributed by atoms with E-state index in [4.69, 9.17) is 4.42 Å². The topological polar surface area (TPSA) is 96.1 Å². The zero-order chi connectivity index (χ0) is 23.9. The SMILES string of the molecule is Cc1ccccc1N=Nc1ccc(NC(NC(=O)c2ccco2)C(=O)c2ccccc2)cc1C. The van der Waals surface area contributed by atoms with Gasteiger partial charge in [-0.15, -0.1) is 0 Å². The van der Waals surface area contributed by atoms with Crippen LogP contribution in [0.5, 0.6) is 0 Å². The van der Waals surface area contributed by atoms with Crippen LogP contribution in [0.1, 0.15) is 32.0 Å². The molecule has 0 bridgehead atoms. The molecular formula is C27H24N4O3. The summed E-state index contributed by atoms with van der Waals surface area (Å²) in [6, 6.07) is 25.2. The smallest absolute Gasteiger partial charge is 0.288 e. The number of furan rings is 1. The molecule has 1 heterocycles. The maximum Gasteiger partial charge on any atom is 0.288 e. The van der Waals surface area contributed by atoms with E-state index in [-0.39, 0.29) is 11.5 Å². The van der Waals surface area contributed by atoms with Gasteiger partial charge in [-0.05, 0) is 61.4 Å². The molecule has 0 saturated heterocycles. The lowest BCUT2D eigenvalue weighted by molar-refractivity contribution is 0.0853. The van der Waals surface area contributed by atoms with E-state index in [1.165, 1.54) is 12.3 Å². The number of nitrogens with zero attached hydrogens (tertiary/aromatic N) is 2. The van der Waals surface area contributed by atoms with Gasteiger partial charge in [0.1, 0.15) is 0 Å². The fourth-order valence-corrected chi connectivity index (χ4v) is 3.35. The summed E-state index contributed by atoms with van der Waals surface area (Å²) in [7, 11) is 0. The molecule has 0 radical (unpaired) electrons. The molecule has 1 unspecified atom stereocenters. The number of aryl methyl sites for hydroxylation is 2. The summed E-state index contributed by atoms with van der Waals surface area (Å²) in [5, 5.41) is 14.6. The minimum atomic E-state index is -1.00. The molecule has 1 amide bonds. The zero-order valence-corrected chi connectivity index (χ0v) is 18.9. The maximum atomic E-state index is 13.2. The number of rotatable bonds is 8. The highest BCUT2D eigenvalue weighted by atomic mass is 16.3. The summed E-state index contributed by atoms with van der Waals surface area (Å²) < 4.78 is 5.16. The Hall–Kier alpha value is -4.52. The fraction of sp³-hybridized carbons (Fsp3) is 0.111. The molecule has 4 aromatic rings. The van der Waals surface area contributed by atoms with Crippen molar-refractivity contribution >= 4 is 28.8 Å². The van der Waals surface area contributed by atoms with Gasteiger partial charge < -0.3 is 15.1 Å². The van der Waals surface area contributed by atoms with E-state index in [2.05, 4.69) is 20.9 Å². The second-order valence-electron chi connectivity index (χ2n) is 7.75. The molecule has 2 N–H and O–H groups in total. The molecule has 4 rings (SSSR count). The van der Waals surface area contributed by atoms with Crippen LogP contribution in [0.25, 0.3) is 0 Å². The van der Waals surface area contributed by atoms with Crippen molar-refractivity contribution in [3.8, 4) is 0 Å². The van der Waals surface area contributed by atoms with Crippen LogP contribution in [0.2, 0.25) is 0 Å². The van der Waals surface area contributed by atoms with Crippen molar-refractivity contribution in [1.29, 1.82) is 0 Å². The molecular weight excluding hydrogens is 428 g/mol. The summed E-state index contributed by atoms with van der Waals surface area (Å²) in [4.78, 5) is 25.7. The average molecular weight is 453 g/mol. The third kappa shape index (κ3) is 5.45. The van der Waals surface area contributed by atoms with Gasteiger partial charge in [0, 0.05) is 11.3 Å². The Balaban J connectivity index is 1.55. The Kier molecular flexibility index (Phi) is 6.93. The van der Waals surface area contributed by atoms with Gasteiger partial charge >= 0.3 is 0 Å². The number of nitrogens with one attached hydrogen (secondary N) is 2. The first-order valence-electron chi connectivity index (χ1n) is 10.8. The van der Waals surface area contributed by atoms with Gasteiger partial charge in [0.05, 0.1) is 17.6 Å². The minimum Gasteiger partial charge on any atom is -0.459 e. The van der Waals surface area contributed by atoms with E-state index in [1.807, 2.05) is 56.3 Å². The van der Waals surface area contributed by atoms with Crippen LogP contribution in [0.4, 0.5) is 17.1 Å². The van der Waals surface area contributed by atoms with E-state index in [1.54, 1.807) is 36.4 Å². The number of amides is 1. The molecule has 7 heteroatoms. The van der Waals surface area contributed by atoms with Crippen molar-refractivity contribution in [2.24, 2.45) is 10.2 Å². The number of ketones is 1. The lowest BCUT2D eigenvalue weighted by Gasteiger charge is -2.20. The van der Waals surface area contributed by atoms with Gasteiger partial charge in [0.2, 0.25) is 5.78 Å². The second-order valence-corrected chi connectivity index (χ2v) is 7.75. The lowest BCUT2D eigenvalue weighted by atomic mass is 10.1. The predicted molar refractivity (Wildman–Crippen MR) is 131 cm³/mol. The number of hydrogen-bond acceptors (Lipinski definition) is 6. The second kappa shape index (κ2) is 10.4. The van der Waals surface area contributed by atoms with Crippen LogP contribution >= 0.6 is 0 Å². The maximum absolute atomic E-state index is 13.2. The van der Waals surface area contributed by atoms with E-state index in [0.29, 0.717) is 16.9 Å². The molecule has 0 spiro atoms. The normalized spacial score (nSPS) is 11.8. The summed E-state index contributed by atoms with van der Waals surface area (Å²) in [6.45, 7) is 3.89.